The molecule has 1 aliphatic carbocycles. The van der Waals surface area contributed by atoms with E-state index in [1.54, 1.807) is 11.8 Å². The maximum Gasteiger partial charge on any atom is 0.228 e. The summed E-state index contributed by atoms with van der Waals surface area (Å²) in [4.78, 5) is 13.6. The third kappa shape index (κ3) is 3.13. The second-order valence-electron chi connectivity index (χ2n) is 5.53. The Balaban J connectivity index is 1.68. The maximum atomic E-state index is 12.4. The van der Waals surface area contributed by atoms with Crippen molar-refractivity contribution in [3.8, 4) is 0 Å². The summed E-state index contributed by atoms with van der Waals surface area (Å²) in [6, 6.07) is 16.5. The quantitative estimate of drug-likeness (QED) is 0.844. The molecule has 2 atom stereocenters. The van der Waals surface area contributed by atoms with Crippen LogP contribution in [-0.4, -0.2) is 12.2 Å². The molecule has 21 heavy (non-hydrogen) atoms. The molecule has 2 aromatic rings. The molecule has 2 aromatic carbocycles. The van der Waals surface area contributed by atoms with E-state index in [1.807, 2.05) is 31.4 Å². The molecule has 1 N–H and O–H groups in total. The van der Waals surface area contributed by atoms with E-state index in [2.05, 4.69) is 35.6 Å². The summed E-state index contributed by atoms with van der Waals surface area (Å²) in [7, 11) is 0. The lowest BCUT2D eigenvalue weighted by Crippen LogP contribution is -2.15. The first-order valence-corrected chi connectivity index (χ1v) is 8.42. The van der Waals surface area contributed by atoms with Crippen LogP contribution in [0, 0.1) is 12.8 Å². The molecule has 1 saturated carbocycles. The van der Waals surface area contributed by atoms with Gasteiger partial charge in [-0.25, -0.2) is 0 Å². The molecule has 0 spiro atoms. The van der Waals surface area contributed by atoms with Crippen LogP contribution in [0.1, 0.15) is 23.5 Å². The first kappa shape index (κ1) is 14.2. The first-order valence-electron chi connectivity index (χ1n) is 7.19. The van der Waals surface area contributed by atoms with Gasteiger partial charge in [-0.05, 0) is 48.8 Å². The van der Waals surface area contributed by atoms with Crippen molar-refractivity contribution in [3.63, 3.8) is 0 Å². The van der Waals surface area contributed by atoms with E-state index >= 15 is 0 Å². The molecule has 0 bridgehead atoms. The van der Waals surface area contributed by atoms with Crippen LogP contribution in [0.5, 0.6) is 0 Å². The summed E-state index contributed by atoms with van der Waals surface area (Å²) < 4.78 is 0. The van der Waals surface area contributed by atoms with E-state index in [0.29, 0.717) is 5.92 Å². The Morgan fingerprint density at radius 3 is 2.67 bits per heavy atom. The van der Waals surface area contributed by atoms with Crippen molar-refractivity contribution in [2.24, 2.45) is 5.92 Å². The van der Waals surface area contributed by atoms with Gasteiger partial charge in [0.25, 0.3) is 0 Å². The highest BCUT2D eigenvalue weighted by Gasteiger charge is 2.43. The second-order valence-corrected chi connectivity index (χ2v) is 6.41. The number of carbonyl (C=O) groups is 1. The number of hydrogen-bond acceptors (Lipinski definition) is 2. The zero-order valence-corrected chi connectivity index (χ0v) is 13.1. The standard InChI is InChI=1S/C18H19NOS/c1-12-8-9-14(21-2)10-17(12)19-18(20)16-11-15(16)13-6-4-3-5-7-13/h3-10,15-16H,11H2,1-2H3,(H,19,20)/t15-,16+/m0/s1. The number of carbonyl (C=O) groups excluding carboxylic acids is 1. The lowest BCUT2D eigenvalue weighted by Gasteiger charge is -2.10. The lowest BCUT2D eigenvalue weighted by atomic mass is 10.1. The monoisotopic (exact) mass is 297 g/mol. The fourth-order valence-electron chi connectivity index (χ4n) is 2.64. The largest absolute Gasteiger partial charge is 0.326 e. The number of thioether (sulfide) groups is 1. The number of hydrogen-bond donors (Lipinski definition) is 1. The van der Waals surface area contributed by atoms with E-state index < -0.39 is 0 Å². The molecule has 0 aliphatic heterocycles. The van der Waals surface area contributed by atoms with Gasteiger partial charge in [0, 0.05) is 16.5 Å². The number of nitrogens with one attached hydrogen (secondary N) is 1. The van der Waals surface area contributed by atoms with E-state index in [1.165, 1.54) is 10.5 Å². The van der Waals surface area contributed by atoms with Crippen molar-refractivity contribution in [3.05, 3.63) is 59.7 Å². The molecule has 1 aliphatic rings. The first-order chi connectivity index (χ1) is 10.2. The third-order valence-corrected chi connectivity index (χ3v) is 4.78. The summed E-state index contributed by atoms with van der Waals surface area (Å²) in [5, 5.41) is 3.09. The van der Waals surface area contributed by atoms with Gasteiger partial charge in [-0.3, -0.25) is 4.79 Å². The molecule has 3 rings (SSSR count). The minimum atomic E-state index is 0.115. The number of anilines is 1. The molecule has 0 unspecified atom stereocenters. The Bertz CT molecular complexity index is 654. The van der Waals surface area contributed by atoms with Crippen LogP contribution in [0.3, 0.4) is 0 Å². The van der Waals surface area contributed by atoms with Gasteiger partial charge in [-0.2, -0.15) is 0 Å². The lowest BCUT2D eigenvalue weighted by molar-refractivity contribution is -0.117. The minimum absolute atomic E-state index is 0.115. The molecular formula is C18H19NOS. The van der Waals surface area contributed by atoms with Crippen LogP contribution in [0.2, 0.25) is 0 Å². The van der Waals surface area contributed by atoms with E-state index in [-0.39, 0.29) is 11.8 Å². The van der Waals surface area contributed by atoms with Gasteiger partial charge >= 0.3 is 0 Å². The Hall–Kier alpha value is -1.74. The highest BCUT2D eigenvalue weighted by molar-refractivity contribution is 7.98. The van der Waals surface area contributed by atoms with Gasteiger partial charge in [-0.1, -0.05) is 36.4 Å². The van der Waals surface area contributed by atoms with Gasteiger partial charge in [0.05, 0.1) is 0 Å². The maximum absolute atomic E-state index is 12.4. The van der Waals surface area contributed by atoms with Crippen LogP contribution in [0.25, 0.3) is 0 Å². The second kappa shape index (κ2) is 5.94. The van der Waals surface area contributed by atoms with Crippen LogP contribution in [-0.2, 0) is 4.79 Å². The van der Waals surface area contributed by atoms with Crippen molar-refractivity contribution in [2.45, 2.75) is 24.2 Å². The Morgan fingerprint density at radius 2 is 1.95 bits per heavy atom. The smallest absolute Gasteiger partial charge is 0.228 e. The predicted molar refractivity (Wildman–Crippen MR) is 88.9 cm³/mol. The van der Waals surface area contributed by atoms with Gasteiger partial charge < -0.3 is 5.32 Å². The number of rotatable bonds is 4. The molecule has 0 aromatic heterocycles. The molecule has 1 amide bonds. The number of aryl methyl sites for hydroxylation is 1. The normalized spacial score (nSPS) is 20.1. The minimum Gasteiger partial charge on any atom is -0.326 e. The fourth-order valence-corrected chi connectivity index (χ4v) is 3.08. The average molecular weight is 297 g/mol. The van der Waals surface area contributed by atoms with E-state index in [4.69, 9.17) is 0 Å². The van der Waals surface area contributed by atoms with Gasteiger partial charge in [0.1, 0.15) is 0 Å². The third-order valence-electron chi connectivity index (χ3n) is 4.06. The Morgan fingerprint density at radius 1 is 1.19 bits per heavy atom. The molecule has 2 nitrogen and oxygen atoms in total. The summed E-state index contributed by atoms with van der Waals surface area (Å²) in [5.41, 5.74) is 3.32. The van der Waals surface area contributed by atoms with Crippen molar-refractivity contribution >= 4 is 23.4 Å². The molecule has 0 radical (unpaired) electrons. The molecule has 1 fully saturated rings. The van der Waals surface area contributed by atoms with Gasteiger partial charge in [-0.15, -0.1) is 11.8 Å². The highest BCUT2D eigenvalue weighted by atomic mass is 32.2. The van der Waals surface area contributed by atoms with Crippen molar-refractivity contribution < 1.29 is 4.79 Å². The van der Waals surface area contributed by atoms with E-state index in [0.717, 1.165) is 17.7 Å². The molecule has 108 valence electrons. The zero-order chi connectivity index (χ0) is 14.8. The summed E-state index contributed by atoms with van der Waals surface area (Å²) in [6.45, 7) is 2.03. The molecule has 0 heterocycles. The van der Waals surface area contributed by atoms with E-state index in [9.17, 15) is 4.79 Å². The van der Waals surface area contributed by atoms with Crippen LogP contribution in [0.4, 0.5) is 5.69 Å². The van der Waals surface area contributed by atoms with Crippen molar-refractivity contribution in [1.82, 2.24) is 0 Å². The SMILES string of the molecule is CSc1ccc(C)c(NC(=O)[C@@H]2C[C@H]2c2ccccc2)c1. The molecule has 3 heteroatoms. The summed E-state index contributed by atoms with van der Waals surface area (Å²) in [6.07, 6.45) is 3.00. The number of benzene rings is 2. The fraction of sp³-hybridized carbons (Fsp3) is 0.278. The molecular weight excluding hydrogens is 278 g/mol. The number of amides is 1. The van der Waals surface area contributed by atoms with Gasteiger partial charge in [0.15, 0.2) is 0 Å². The van der Waals surface area contributed by atoms with Crippen LogP contribution in [0.15, 0.2) is 53.4 Å². The topological polar surface area (TPSA) is 29.1 Å². The Kier molecular flexibility index (Phi) is 4.02. The van der Waals surface area contributed by atoms with Crippen molar-refractivity contribution in [2.75, 3.05) is 11.6 Å². The summed E-state index contributed by atoms with van der Waals surface area (Å²) in [5.74, 6) is 0.644. The highest BCUT2D eigenvalue weighted by Crippen LogP contribution is 2.48. The Labute approximate surface area is 130 Å². The summed E-state index contributed by atoms with van der Waals surface area (Å²) >= 11 is 1.69. The van der Waals surface area contributed by atoms with Crippen LogP contribution < -0.4 is 5.32 Å². The zero-order valence-electron chi connectivity index (χ0n) is 12.3. The van der Waals surface area contributed by atoms with Crippen molar-refractivity contribution in [1.29, 1.82) is 0 Å². The van der Waals surface area contributed by atoms with Crippen LogP contribution >= 0.6 is 11.8 Å². The van der Waals surface area contributed by atoms with Gasteiger partial charge in [0.2, 0.25) is 5.91 Å². The average Bonchev–Trinajstić information content (AvgIpc) is 3.31. The predicted octanol–water partition coefficient (Wildman–Crippen LogP) is 4.46. The molecule has 0 saturated heterocycles.